The van der Waals surface area contributed by atoms with Crippen molar-refractivity contribution < 1.29 is 0 Å². The highest BCUT2D eigenvalue weighted by atomic mass is 15.2. The lowest BCUT2D eigenvalue weighted by Crippen LogP contribution is -2.47. The minimum Gasteiger partial charge on any atom is -0.355 e. The molecule has 0 aromatic carbocycles. The Labute approximate surface area is 127 Å². The van der Waals surface area contributed by atoms with Gasteiger partial charge in [0.2, 0.25) is 0 Å². The van der Waals surface area contributed by atoms with Gasteiger partial charge in [-0.2, -0.15) is 5.26 Å². The molecule has 1 fully saturated rings. The molecule has 1 aromatic heterocycles. The van der Waals surface area contributed by atoms with Crippen LogP contribution in [0.15, 0.2) is 6.07 Å². The summed E-state index contributed by atoms with van der Waals surface area (Å²) in [5.74, 6) is 1.40. The Hall–Kier alpha value is -1.60. The number of fused-ring (bicyclic) bond motifs is 1. The molecule has 0 amide bonds. The van der Waals surface area contributed by atoms with E-state index in [1.54, 1.807) is 0 Å². The van der Waals surface area contributed by atoms with Gasteiger partial charge >= 0.3 is 0 Å². The van der Waals surface area contributed by atoms with E-state index < -0.39 is 0 Å². The number of nitriles is 1. The third-order valence-corrected chi connectivity index (χ3v) is 5.02. The summed E-state index contributed by atoms with van der Waals surface area (Å²) >= 11 is 0. The normalized spacial score (nSPS) is 25.3. The first kappa shape index (κ1) is 14.3. The molecule has 0 saturated carbocycles. The number of aromatic nitrogens is 1. The van der Waals surface area contributed by atoms with Gasteiger partial charge in [0.1, 0.15) is 11.9 Å². The smallest absolute Gasteiger partial charge is 0.146 e. The van der Waals surface area contributed by atoms with E-state index in [1.165, 1.54) is 24.1 Å². The summed E-state index contributed by atoms with van der Waals surface area (Å²) in [6, 6.07) is 4.71. The van der Waals surface area contributed by atoms with Crippen molar-refractivity contribution in [3.8, 4) is 6.07 Å². The Morgan fingerprint density at radius 3 is 3.00 bits per heavy atom. The molecule has 1 aromatic rings. The third kappa shape index (κ3) is 2.75. The van der Waals surface area contributed by atoms with Crippen LogP contribution < -0.4 is 10.6 Å². The Bertz CT molecular complexity index is 561. The van der Waals surface area contributed by atoms with E-state index in [0.717, 1.165) is 50.2 Å². The molecule has 0 radical (unpaired) electrons. The van der Waals surface area contributed by atoms with Crippen molar-refractivity contribution in [2.24, 2.45) is 11.7 Å². The Morgan fingerprint density at radius 1 is 1.43 bits per heavy atom. The number of rotatable bonds is 2. The maximum Gasteiger partial charge on any atom is 0.146 e. The van der Waals surface area contributed by atoms with E-state index in [-0.39, 0.29) is 6.04 Å². The summed E-state index contributed by atoms with van der Waals surface area (Å²) in [6.07, 6.45) is 6.63. The van der Waals surface area contributed by atoms with Gasteiger partial charge in [0, 0.05) is 24.8 Å². The molecule has 21 heavy (non-hydrogen) atoms. The highest BCUT2D eigenvalue weighted by Gasteiger charge is 2.28. The van der Waals surface area contributed by atoms with Crippen LogP contribution in [-0.4, -0.2) is 24.1 Å². The van der Waals surface area contributed by atoms with Crippen LogP contribution in [0.3, 0.4) is 0 Å². The molecule has 4 heteroatoms. The topological polar surface area (TPSA) is 65.9 Å². The number of nitrogens with two attached hydrogens (primary N) is 1. The van der Waals surface area contributed by atoms with E-state index in [4.69, 9.17) is 10.7 Å². The first-order valence-corrected chi connectivity index (χ1v) is 8.16. The molecule has 4 nitrogen and oxygen atoms in total. The van der Waals surface area contributed by atoms with Gasteiger partial charge in [-0.25, -0.2) is 4.98 Å². The molecule has 1 aliphatic carbocycles. The van der Waals surface area contributed by atoms with Gasteiger partial charge in [-0.1, -0.05) is 13.3 Å². The minimum absolute atomic E-state index is 0.286. The molecule has 3 rings (SSSR count). The highest BCUT2D eigenvalue weighted by Crippen LogP contribution is 2.29. The second-order valence-electron chi connectivity index (χ2n) is 6.35. The largest absolute Gasteiger partial charge is 0.355 e. The van der Waals surface area contributed by atoms with Crippen molar-refractivity contribution in [3.05, 3.63) is 22.9 Å². The fourth-order valence-corrected chi connectivity index (χ4v) is 3.62. The lowest BCUT2D eigenvalue weighted by atomic mass is 9.90. The number of anilines is 1. The van der Waals surface area contributed by atoms with Crippen molar-refractivity contribution in [2.75, 3.05) is 18.0 Å². The second kappa shape index (κ2) is 6.03. The zero-order chi connectivity index (χ0) is 14.8. The summed E-state index contributed by atoms with van der Waals surface area (Å²) in [4.78, 5) is 7.15. The molecule has 0 spiro atoms. The van der Waals surface area contributed by atoms with E-state index in [2.05, 4.69) is 24.0 Å². The molecular formula is C17H24N4. The SMILES string of the molecule is CCC1CN(c2nc3c(cc2C#N)CCCC3)CCC1N. The van der Waals surface area contributed by atoms with Gasteiger partial charge in [0.05, 0.1) is 5.56 Å². The number of pyridine rings is 1. The minimum atomic E-state index is 0.286. The molecule has 1 saturated heterocycles. The maximum atomic E-state index is 9.48. The van der Waals surface area contributed by atoms with Crippen LogP contribution in [0.5, 0.6) is 0 Å². The predicted molar refractivity (Wildman–Crippen MR) is 84.2 cm³/mol. The fourth-order valence-electron chi connectivity index (χ4n) is 3.62. The van der Waals surface area contributed by atoms with Gasteiger partial charge in [-0.15, -0.1) is 0 Å². The molecule has 2 heterocycles. The highest BCUT2D eigenvalue weighted by molar-refractivity contribution is 5.57. The Kier molecular flexibility index (Phi) is 4.12. The average Bonchev–Trinajstić information content (AvgIpc) is 2.54. The number of piperidine rings is 1. The van der Waals surface area contributed by atoms with Gasteiger partial charge in [0.15, 0.2) is 0 Å². The van der Waals surface area contributed by atoms with Gasteiger partial charge < -0.3 is 10.6 Å². The predicted octanol–water partition coefficient (Wildman–Crippen LogP) is 2.40. The molecule has 2 N–H and O–H groups in total. The average molecular weight is 284 g/mol. The van der Waals surface area contributed by atoms with Crippen LogP contribution in [0.2, 0.25) is 0 Å². The number of hydrogen-bond donors (Lipinski definition) is 1. The summed E-state index contributed by atoms with van der Waals surface area (Å²) < 4.78 is 0. The van der Waals surface area contributed by atoms with Crippen molar-refractivity contribution in [1.29, 1.82) is 5.26 Å². The van der Waals surface area contributed by atoms with Crippen LogP contribution in [-0.2, 0) is 12.8 Å². The van der Waals surface area contributed by atoms with Gasteiger partial charge in [-0.3, -0.25) is 0 Å². The Morgan fingerprint density at radius 2 is 2.24 bits per heavy atom. The van der Waals surface area contributed by atoms with E-state index in [0.29, 0.717) is 5.92 Å². The fraction of sp³-hybridized carbons (Fsp3) is 0.647. The molecule has 2 aliphatic rings. The van der Waals surface area contributed by atoms with Crippen LogP contribution >= 0.6 is 0 Å². The third-order valence-electron chi connectivity index (χ3n) is 5.02. The summed E-state index contributed by atoms with van der Waals surface area (Å²) in [5.41, 5.74) is 9.42. The lowest BCUT2D eigenvalue weighted by molar-refractivity contribution is 0.346. The first-order valence-electron chi connectivity index (χ1n) is 8.16. The summed E-state index contributed by atoms with van der Waals surface area (Å²) in [5, 5.41) is 9.48. The monoisotopic (exact) mass is 284 g/mol. The molecular weight excluding hydrogens is 260 g/mol. The summed E-state index contributed by atoms with van der Waals surface area (Å²) in [7, 11) is 0. The zero-order valence-electron chi connectivity index (χ0n) is 12.8. The van der Waals surface area contributed by atoms with Crippen molar-refractivity contribution in [2.45, 2.75) is 51.5 Å². The molecule has 2 atom stereocenters. The molecule has 112 valence electrons. The number of aryl methyl sites for hydroxylation is 2. The quantitative estimate of drug-likeness (QED) is 0.905. The lowest BCUT2D eigenvalue weighted by Gasteiger charge is -2.38. The molecule has 1 aliphatic heterocycles. The molecule has 0 bridgehead atoms. The second-order valence-corrected chi connectivity index (χ2v) is 6.35. The van der Waals surface area contributed by atoms with Gasteiger partial charge in [0.25, 0.3) is 0 Å². The van der Waals surface area contributed by atoms with E-state index in [9.17, 15) is 5.26 Å². The maximum absolute atomic E-state index is 9.48. The van der Waals surface area contributed by atoms with Crippen LogP contribution in [0.25, 0.3) is 0 Å². The number of hydrogen-bond acceptors (Lipinski definition) is 4. The zero-order valence-corrected chi connectivity index (χ0v) is 12.8. The van der Waals surface area contributed by atoms with Crippen LogP contribution in [0, 0.1) is 17.2 Å². The Balaban J connectivity index is 1.92. The van der Waals surface area contributed by atoms with Crippen molar-refractivity contribution in [1.82, 2.24) is 4.98 Å². The van der Waals surface area contributed by atoms with Crippen molar-refractivity contribution in [3.63, 3.8) is 0 Å². The first-order chi connectivity index (χ1) is 10.2. The standard InChI is InChI=1S/C17H24N4/c1-2-12-11-21(8-7-15(12)19)17-14(10-18)9-13-5-3-4-6-16(13)20-17/h9,12,15H,2-8,11,19H2,1H3. The molecule has 2 unspecified atom stereocenters. The van der Waals surface area contributed by atoms with Gasteiger partial charge in [-0.05, 0) is 49.7 Å². The van der Waals surface area contributed by atoms with E-state index in [1.807, 2.05) is 0 Å². The summed E-state index contributed by atoms with van der Waals surface area (Å²) in [6.45, 7) is 4.04. The number of nitrogens with zero attached hydrogens (tertiary/aromatic N) is 3. The van der Waals surface area contributed by atoms with Crippen LogP contribution in [0.4, 0.5) is 5.82 Å². The van der Waals surface area contributed by atoms with Crippen molar-refractivity contribution >= 4 is 5.82 Å². The van der Waals surface area contributed by atoms with Crippen LogP contribution in [0.1, 0.15) is 49.4 Å². The van der Waals surface area contributed by atoms with E-state index >= 15 is 0 Å².